The van der Waals surface area contributed by atoms with E-state index in [0.717, 1.165) is 27.7 Å². The summed E-state index contributed by atoms with van der Waals surface area (Å²) in [6.07, 6.45) is -8.70. The van der Waals surface area contributed by atoms with Crippen LogP contribution in [0.3, 0.4) is 0 Å². The van der Waals surface area contributed by atoms with E-state index < -0.39 is 98.2 Å². The maximum absolute atomic E-state index is 12.2. The first-order chi connectivity index (χ1) is 21.5. The Balaban J connectivity index is 1.67. The summed E-state index contributed by atoms with van der Waals surface area (Å²) >= 11 is 0. The molecule has 15 nitrogen and oxygen atoms in total. The number of esters is 4. The number of fused-ring (bicyclic) bond motifs is 1. The van der Waals surface area contributed by atoms with E-state index in [-0.39, 0.29) is 13.2 Å². The standard InChI is InChI=1S/C30H36O15/c1-6-12-36-29-25(22(35)23-20(42-29)14-38-28(44-23)19-10-8-7-9-11-19)45-30-27(41-18(5)34)26(40-17(4)33)24(39-16(3)32)21(43-30)13-37-15(2)31/h1,7-11,20-30,35H,12-14H2,2-5H3/t20-,21-,22+,23-,24+,25-,26+,27-,28?,29-,30+/m1/s1. The fraction of sp³-hybridized carbons (Fsp3) is 0.600. The number of ether oxygens (including phenoxy) is 10. The van der Waals surface area contributed by atoms with E-state index in [4.69, 9.17) is 53.8 Å². The average molecular weight is 637 g/mol. The maximum Gasteiger partial charge on any atom is 0.303 e. The number of hydrogen-bond acceptors (Lipinski definition) is 15. The van der Waals surface area contributed by atoms with Crippen molar-refractivity contribution >= 4 is 23.9 Å². The smallest absolute Gasteiger partial charge is 0.303 e. The molecule has 3 fully saturated rings. The summed E-state index contributed by atoms with van der Waals surface area (Å²) in [5.41, 5.74) is 0.700. The van der Waals surface area contributed by atoms with Crippen molar-refractivity contribution in [2.24, 2.45) is 0 Å². The fourth-order valence-electron chi connectivity index (χ4n) is 5.21. The van der Waals surface area contributed by atoms with Crippen molar-refractivity contribution in [1.82, 2.24) is 0 Å². The number of rotatable bonds is 10. The van der Waals surface area contributed by atoms with E-state index in [9.17, 15) is 24.3 Å². The number of aliphatic hydroxyl groups is 1. The van der Waals surface area contributed by atoms with Crippen molar-refractivity contribution in [3.63, 3.8) is 0 Å². The Morgan fingerprint density at radius 2 is 1.49 bits per heavy atom. The molecule has 0 aromatic heterocycles. The van der Waals surface area contributed by atoms with Crippen LogP contribution in [0.4, 0.5) is 0 Å². The average Bonchev–Trinajstić information content (AvgIpc) is 2.99. The number of aliphatic hydroxyl groups excluding tert-OH is 1. The van der Waals surface area contributed by atoms with Gasteiger partial charge >= 0.3 is 23.9 Å². The summed E-state index contributed by atoms with van der Waals surface area (Å²) in [7, 11) is 0. The van der Waals surface area contributed by atoms with Crippen LogP contribution in [-0.4, -0.2) is 110 Å². The van der Waals surface area contributed by atoms with Gasteiger partial charge in [0, 0.05) is 33.3 Å². The normalized spacial score (nSPS) is 34.4. The van der Waals surface area contributed by atoms with Gasteiger partial charge in [0.15, 0.2) is 37.2 Å². The quantitative estimate of drug-likeness (QED) is 0.210. The third-order valence-electron chi connectivity index (χ3n) is 6.95. The molecule has 4 rings (SSSR count). The largest absolute Gasteiger partial charge is 0.463 e. The molecule has 1 unspecified atom stereocenters. The zero-order chi connectivity index (χ0) is 32.7. The van der Waals surface area contributed by atoms with E-state index in [0.29, 0.717) is 5.56 Å². The highest BCUT2D eigenvalue weighted by Crippen LogP contribution is 2.38. The van der Waals surface area contributed by atoms with Gasteiger partial charge in [0.2, 0.25) is 0 Å². The van der Waals surface area contributed by atoms with Crippen LogP contribution in [0.5, 0.6) is 0 Å². The van der Waals surface area contributed by atoms with Crippen molar-refractivity contribution < 1.29 is 71.7 Å². The Hall–Kier alpha value is -3.62. The summed E-state index contributed by atoms with van der Waals surface area (Å²) in [5, 5.41) is 11.6. The summed E-state index contributed by atoms with van der Waals surface area (Å²) in [4.78, 5) is 48.1. The van der Waals surface area contributed by atoms with Gasteiger partial charge in [0.1, 0.15) is 43.7 Å². The van der Waals surface area contributed by atoms with Gasteiger partial charge < -0.3 is 52.5 Å². The van der Waals surface area contributed by atoms with Crippen LogP contribution in [0.1, 0.15) is 39.5 Å². The summed E-state index contributed by atoms with van der Waals surface area (Å²) < 4.78 is 57.3. The first-order valence-electron chi connectivity index (χ1n) is 14.1. The van der Waals surface area contributed by atoms with E-state index in [1.807, 2.05) is 18.2 Å². The number of hydrogen-bond donors (Lipinski definition) is 1. The zero-order valence-electron chi connectivity index (χ0n) is 25.1. The highest BCUT2D eigenvalue weighted by molar-refractivity contribution is 5.68. The number of carbonyl (C=O) groups is 4. The molecule has 0 amide bonds. The lowest BCUT2D eigenvalue weighted by Crippen LogP contribution is -2.67. The third kappa shape index (κ3) is 8.76. The van der Waals surface area contributed by atoms with E-state index in [1.165, 1.54) is 0 Å². The molecular weight excluding hydrogens is 600 g/mol. The maximum atomic E-state index is 12.2. The minimum absolute atomic E-state index is 0.0307. The second kappa shape index (κ2) is 15.6. The van der Waals surface area contributed by atoms with Crippen molar-refractivity contribution in [3.8, 4) is 12.3 Å². The first kappa shape index (κ1) is 34.3. The Labute approximate surface area is 259 Å². The molecule has 0 bridgehead atoms. The number of benzene rings is 1. The van der Waals surface area contributed by atoms with Gasteiger partial charge in [0.05, 0.1) is 6.61 Å². The van der Waals surface area contributed by atoms with Gasteiger partial charge in [-0.1, -0.05) is 36.3 Å². The molecule has 3 heterocycles. The van der Waals surface area contributed by atoms with Gasteiger partial charge in [-0.15, -0.1) is 6.42 Å². The molecular formula is C30H36O15. The second-order valence-corrected chi connectivity index (χ2v) is 10.4. The molecule has 15 heteroatoms. The SMILES string of the molecule is C#CCO[C@@H]1O[C@@H]2COC(c3ccccc3)O[C@H]2[C@H](O)[C@H]1O[C@@H]1O[C@H](COC(C)=O)[C@H](OC(C)=O)[C@H](OC(C)=O)[C@H]1OC(C)=O. The lowest BCUT2D eigenvalue weighted by molar-refractivity contribution is -0.392. The van der Waals surface area contributed by atoms with Gasteiger partial charge in [-0.3, -0.25) is 19.2 Å². The molecule has 1 N–H and O–H groups in total. The monoisotopic (exact) mass is 636 g/mol. The Bertz CT molecular complexity index is 1230. The Kier molecular flexibility index (Phi) is 11.9. The van der Waals surface area contributed by atoms with Crippen LogP contribution < -0.4 is 0 Å². The number of carbonyl (C=O) groups excluding carboxylic acids is 4. The van der Waals surface area contributed by atoms with Gasteiger partial charge in [-0.2, -0.15) is 0 Å². The van der Waals surface area contributed by atoms with Crippen LogP contribution in [0.15, 0.2) is 30.3 Å². The predicted octanol–water partition coefficient (Wildman–Crippen LogP) is 0.305. The second-order valence-electron chi connectivity index (χ2n) is 10.4. The highest BCUT2D eigenvalue weighted by atomic mass is 16.8. The van der Waals surface area contributed by atoms with E-state index >= 15 is 0 Å². The predicted molar refractivity (Wildman–Crippen MR) is 146 cm³/mol. The lowest BCUT2D eigenvalue weighted by atomic mass is 9.96. The first-order valence-corrected chi connectivity index (χ1v) is 14.1. The van der Waals surface area contributed by atoms with Crippen LogP contribution >= 0.6 is 0 Å². The van der Waals surface area contributed by atoms with Crippen molar-refractivity contribution in [2.75, 3.05) is 19.8 Å². The minimum atomic E-state index is -1.62. The molecule has 11 atom stereocenters. The van der Waals surface area contributed by atoms with Crippen molar-refractivity contribution in [2.45, 2.75) is 95.4 Å². The van der Waals surface area contributed by atoms with Crippen LogP contribution in [0.25, 0.3) is 0 Å². The number of terminal acetylenes is 1. The molecule has 246 valence electrons. The Morgan fingerprint density at radius 1 is 0.844 bits per heavy atom. The minimum Gasteiger partial charge on any atom is -0.463 e. The molecule has 1 aromatic carbocycles. The summed E-state index contributed by atoms with van der Waals surface area (Å²) in [6.45, 7) is 3.77. The van der Waals surface area contributed by atoms with Crippen LogP contribution in [0, 0.1) is 12.3 Å². The van der Waals surface area contributed by atoms with E-state index in [2.05, 4.69) is 5.92 Å². The highest BCUT2D eigenvalue weighted by Gasteiger charge is 2.57. The molecule has 0 saturated carbocycles. The lowest BCUT2D eigenvalue weighted by Gasteiger charge is -2.49. The summed E-state index contributed by atoms with van der Waals surface area (Å²) in [5.74, 6) is -0.793. The van der Waals surface area contributed by atoms with Gasteiger partial charge in [-0.05, 0) is 0 Å². The van der Waals surface area contributed by atoms with Crippen LogP contribution in [-0.2, 0) is 66.5 Å². The Morgan fingerprint density at radius 3 is 2.11 bits per heavy atom. The van der Waals surface area contributed by atoms with Gasteiger partial charge in [-0.25, -0.2) is 0 Å². The molecule has 45 heavy (non-hydrogen) atoms. The third-order valence-corrected chi connectivity index (χ3v) is 6.95. The molecule has 0 spiro atoms. The molecule has 1 aromatic rings. The molecule has 3 aliphatic heterocycles. The zero-order valence-corrected chi connectivity index (χ0v) is 25.1. The molecule has 3 saturated heterocycles. The fourth-order valence-corrected chi connectivity index (χ4v) is 5.21. The topological polar surface area (TPSA) is 181 Å². The van der Waals surface area contributed by atoms with Gasteiger partial charge in [0.25, 0.3) is 0 Å². The summed E-state index contributed by atoms with van der Waals surface area (Å²) in [6, 6.07) is 9.04. The van der Waals surface area contributed by atoms with Crippen molar-refractivity contribution in [3.05, 3.63) is 35.9 Å². The molecule has 3 aliphatic rings. The molecule has 0 radical (unpaired) electrons. The van der Waals surface area contributed by atoms with E-state index in [1.54, 1.807) is 12.1 Å². The van der Waals surface area contributed by atoms with Crippen molar-refractivity contribution in [1.29, 1.82) is 0 Å². The van der Waals surface area contributed by atoms with Crippen LogP contribution in [0.2, 0.25) is 0 Å². The molecule has 0 aliphatic carbocycles.